The van der Waals surface area contributed by atoms with Crippen molar-refractivity contribution in [3.8, 4) is 11.8 Å². The van der Waals surface area contributed by atoms with Crippen molar-refractivity contribution in [3.05, 3.63) is 0 Å². The summed E-state index contributed by atoms with van der Waals surface area (Å²) in [7, 11) is 0. The van der Waals surface area contributed by atoms with E-state index in [1.807, 2.05) is 13.8 Å². The molecule has 0 rings (SSSR count). The maximum Gasteiger partial charge on any atom is 0.135 e. The van der Waals surface area contributed by atoms with Crippen molar-refractivity contribution in [2.24, 2.45) is 11.8 Å². The second-order valence-corrected chi connectivity index (χ2v) is 5.44. The van der Waals surface area contributed by atoms with Gasteiger partial charge >= 0.3 is 0 Å². The van der Waals surface area contributed by atoms with Crippen LogP contribution in [0.2, 0.25) is 0 Å². The molecule has 0 spiro atoms. The lowest BCUT2D eigenvalue weighted by Gasteiger charge is -2.02. The summed E-state index contributed by atoms with van der Waals surface area (Å²) in [6, 6.07) is 0. The van der Waals surface area contributed by atoms with Crippen LogP contribution in [0, 0.1) is 23.7 Å². The SMILES string of the molecule is CC(C)COCC#CCCCCCC(=O)C(C)C. The van der Waals surface area contributed by atoms with Crippen molar-refractivity contribution < 1.29 is 9.53 Å². The molecule has 0 saturated carbocycles. The summed E-state index contributed by atoms with van der Waals surface area (Å²) in [5.41, 5.74) is 0. The fraction of sp³-hybridized carbons (Fsp3) is 0.812. The van der Waals surface area contributed by atoms with E-state index in [0.717, 1.165) is 38.7 Å². The highest BCUT2D eigenvalue weighted by Gasteiger charge is 2.05. The number of rotatable bonds is 9. The molecular weight excluding hydrogens is 224 g/mol. The predicted molar refractivity (Wildman–Crippen MR) is 76.4 cm³/mol. The highest BCUT2D eigenvalue weighted by Crippen LogP contribution is 2.07. The third kappa shape index (κ3) is 11.7. The van der Waals surface area contributed by atoms with Gasteiger partial charge in [0.15, 0.2) is 0 Å². The van der Waals surface area contributed by atoms with Crippen LogP contribution < -0.4 is 0 Å². The van der Waals surface area contributed by atoms with Gasteiger partial charge in [0.05, 0.1) is 6.61 Å². The van der Waals surface area contributed by atoms with Crippen LogP contribution in [0.15, 0.2) is 0 Å². The first-order valence-electron chi connectivity index (χ1n) is 7.10. The molecule has 0 saturated heterocycles. The molecule has 18 heavy (non-hydrogen) atoms. The van der Waals surface area contributed by atoms with E-state index in [1.54, 1.807) is 0 Å². The van der Waals surface area contributed by atoms with Crippen LogP contribution >= 0.6 is 0 Å². The van der Waals surface area contributed by atoms with Crippen LogP contribution in [0.4, 0.5) is 0 Å². The van der Waals surface area contributed by atoms with Crippen LogP contribution in [-0.4, -0.2) is 19.0 Å². The minimum Gasteiger partial charge on any atom is -0.369 e. The van der Waals surface area contributed by atoms with Crippen molar-refractivity contribution in [2.75, 3.05) is 13.2 Å². The molecule has 0 aromatic carbocycles. The minimum absolute atomic E-state index is 0.183. The Morgan fingerprint density at radius 1 is 1.06 bits per heavy atom. The average Bonchev–Trinajstić information content (AvgIpc) is 2.30. The number of hydrogen-bond donors (Lipinski definition) is 0. The molecule has 0 aliphatic carbocycles. The zero-order valence-corrected chi connectivity index (χ0v) is 12.4. The second-order valence-electron chi connectivity index (χ2n) is 5.44. The summed E-state index contributed by atoms with van der Waals surface area (Å²) >= 11 is 0. The fourth-order valence-corrected chi connectivity index (χ4v) is 1.46. The average molecular weight is 252 g/mol. The number of hydrogen-bond acceptors (Lipinski definition) is 2. The lowest BCUT2D eigenvalue weighted by Crippen LogP contribution is -2.05. The van der Waals surface area contributed by atoms with Gasteiger partial charge in [-0.3, -0.25) is 4.79 Å². The summed E-state index contributed by atoms with van der Waals surface area (Å²) in [4.78, 5) is 11.4. The zero-order valence-electron chi connectivity index (χ0n) is 12.4. The zero-order chi connectivity index (χ0) is 13.8. The standard InChI is InChI=1S/C16H28O2/c1-14(2)13-18-12-10-8-6-5-7-9-11-16(17)15(3)4/h14-15H,5-7,9,11-13H2,1-4H3. The molecule has 2 nitrogen and oxygen atoms in total. The molecule has 104 valence electrons. The quantitative estimate of drug-likeness (QED) is 0.460. The Labute approximate surface area is 112 Å². The summed E-state index contributed by atoms with van der Waals surface area (Å²) in [5.74, 6) is 7.27. The van der Waals surface area contributed by atoms with Gasteiger partial charge in [-0.25, -0.2) is 0 Å². The first-order valence-corrected chi connectivity index (χ1v) is 7.10. The van der Waals surface area contributed by atoms with Crippen LogP contribution in [-0.2, 0) is 9.53 Å². The molecule has 0 heterocycles. The van der Waals surface area contributed by atoms with Gasteiger partial charge in [-0.05, 0) is 18.8 Å². The van der Waals surface area contributed by atoms with Gasteiger partial charge in [-0.15, -0.1) is 5.92 Å². The van der Waals surface area contributed by atoms with Gasteiger partial charge < -0.3 is 4.74 Å². The fourth-order valence-electron chi connectivity index (χ4n) is 1.46. The van der Waals surface area contributed by atoms with E-state index in [1.165, 1.54) is 0 Å². The Kier molecular flexibility index (Phi) is 10.8. The monoisotopic (exact) mass is 252 g/mol. The molecule has 2 heteroatoms. The summed E-state index contributed by atoms with van der Waals surface area (Å²) < 4.78 is 5.36. The van der Waals surface area contributed by atoms with E-state index < -0.39 is 0 Å². The van der Waals surface area contributed by atoms with E-state index >= 15 is 0 Å². The molecule has 0 unspecified atom stereocenters. The second kappa shape index (κ2) is 11.3. The van der Waals surface area contributed by atoms with Gasteiger partial charge in [0, 0.05) is 18.8 Å². The summed E-state index contributed by atoms with van der Waals surface area (Å²) in [6.07, 6.45) is 4.83. The van der Waals surface area contributed by atoms with Crippen LogP contribution in [0.25, 0.3) is 0 Å². The Morgan fingerprint density at radius 2 is 1.78 bits per heavy atom. The molecule has 0 fully saturated rings. The third-order valence-electron chi connectivity index (χ3n) is 2.62. The number of ketones is 1. The molecule has 0 aromatic heterocycles. The topological polar surface area (TPSA) is 26.3 Å². The normalized spacial score (nSPS) is 10.6. The molecular formula is C16H28O2. The number of carbonyl (C=O) groups is 1. The number of carbonyl (C=O) groups excluding carboxylic acids is 1. The van der Waals surface area contributed by atoms with E-state index in [-0.39, 0.29) is 5.92 Å². The van der Waals surface area contributed by atoms with E-state index in [4.69, 9.17) is 4.74 Å². The van der Waals surface area contributed by atoms with Crippen LogP contribution in [0.1, 0.15) is 59.8 Å². The Balaban J connectivity index is 3.30. The molecule has 0 atom stereocenters. The van der Waals surface area contributed by atoms with Gasteiger partial charge in [-0.1, -0.05) is 40.0 Å². The predicted octanol–water partition coefficient (Wildman–Crippen LogP) is 3.84. The van der Waals surface area contributed by atoms with Crippen molar-refractivity contribution in [3.63, 3.8) is 0 Å². The third-order valence-corrected chi connectivity index (χ3v) is 2.62. The van der Waals surface area contributed by atoms with Gasteiger partial charge in [0.25, 0.3) is 0 Å². The van der Waals surface area contributed by atoms with Gasteiger partial charge in [0.2, 0.25) is 0 Å². The van der Waals surface area contributed by atoms with E-state index in [0.29, 0.717) is 18.3 Å². The number of Topliss-reactive ketones (excluding diaryl/α,β-unsaturated/α-hetero) is 1. The van der Waals surface area contributed by atoms with Gasteiger partial charge in [0.1, 0.15) is 12.4 Å². The smallest absolute Gasteiger partial charge is 0.135 e. The largest absolute Gasteiger partial charge is 0.369 e. The van der Waals surface area contributed by atoms with Crippen molar-refractivity contribution in [2.45, 2.75) is 59.8 Å². The Bertz CT molecular complexity index is 269. The van der Waals surface area contributed by atoms with Crippen molar-refractivity contribution in [1.82, 2.24) is 0 Å². The van der Waals surface area contributed by atoms with Crippen LogP contribution in [0.3, 0.4) is 0 Å². The maximum absolute atomic E-state index is 11.4. The van der Waals surface area contributed by atoms with Crippen molar-refractivity contribution in [1.29, 1.82) is 0 Å². The van der Waals surface area contributed by atoms with Crippen molar-refractivity contribution >= 4 is 5.78 Å². The first-order chi connectivity index (χ1) is 8.54. The Hall–Kier alpha value is -0.810. The Morgan fingerprint density at radius 3 is 2.39 bits per heavy atom. The summed E-state index contributed by atoms with van der Waals surface area (Å²) in [5, 5.41) is 0. The van der Waals surface area contributed by atoms with E-state index in [2.05, 4.69) is 25.7 Å². The number of ether oxygens (including phenoxy) is 1. The van der Waals surface area contributed by atoms with E-state index in [9.17, 15) is 4.79 Å². The lowest BCUT2D eigenvalue weighted by molar-refractivity contribution is -0.122. The summed E-state index contributed by atoms with van der Waals surface area (Å²) in [6.45, 7) is 9.52. The molecule has 0 bridgehead atoms. The molecule has 0 N–H and O–H groups in total. The molecule has 0 aromatic rings. The molecule has 0 radical (unpaired) electrons. The minimum atomic E-state index is 0.183. The van der Waals surface area contributed by atoms with Gasteiger partial charge in [-0.2, -0.15) is 0 Å². The lowest BCUT2D eigenvalue weighted by atomic mass is 10.0. The maximum atomic E-state index is 11.4. The molecule has 0 aliphatic rings. The molecule has 0 amide bonds. The highest BCUT2D eigenvalue weighted by molar-refractivity contribution is 5.80. The van der Waals surface area contributed by atoms with Crippen LogP contribution in [0.5, 0.6) is 0 Å². The highest BCUT2D eigenvalue weighted by atomic mass is 16.5. The number of unbranched alkanes of at least 4 members (excludes halogenated alkanes) is 3. The first kappa shape index (κ1) is 17.2. The molecule has 0 aliphatic heterocycles.